The molecule has 3 nitrogen and oxygen atoms in total. The lowest BCUT2D eigenvalue weighted by molar-refractivity contribution is 0.346. The van der Waals surface area contributed by atoms with Crippen molar-refractivity contribution >= 4 is 23.4 Å². The van der Waals surface area contributed by atoms with Gasteiger partial charge in [0, 0.05) is 18.9 Å². The van der Waals surface area contributed by atoms with Crippen molar-refractivity contribution in [1.82, 2.24) is 0 Å². The molecule has 0 atom stereocenters. The molecule has 0 spiro atoms. The summed E-state index contributed by atoms with van der Waals surface area (Å²) in [6, 6.07) is 5.88. The third-order valence-electron chi connectivity index (χ3n) is 6.17. The van der Waals surface area contributed by atoms with Crippen LogP contribution < -0.4 is 5.32 Å². The maximum atomic E-state index is 5.63. The number of ether oxygens (including phenoxy) is 1. The van der Waals surface area contributed by atoms with Crippen LogP contribution in [0.1, 0.15) is 112 Å². The summed E-state index contributed by atoms with van der Waals surface area (Å²) in [6.45, 7) is 25.7. The number of amidine groups is 1. The van der Waals surface area contributed by atoms with E-state index in [2.05, 4.69) is 43.9 Å². The minimum Gasteiger partial charge on any atom is -0.462 e. The van der Waals surface area contributed by atoms with E-state index >= 15 is 0 Å². The van der Waals surface area contributed by atoms with Crippen molar-refractivity contribution in [3.05, 3.63) is 67.1 Å². The summed E-state index contributed by atoms with van der Waals surface area (Å²) in [5.74, 6) is 4.26. The van der Waals surface area contributed by atoms with Gasteiger partial charge in [-0.15, -0.1) is 0 Å². The highest BCUT2D eigenvalue weighted by atomic mass is 16.5. The Balaban J connectivity index is 0. The molecule has 2 saturated carbocycles. The van der Waals surface area contributed by atoms with E-state index in [4.69, 9.17) is 4.74 Å². The Morgan fingerprint density at radius 2 is 1.57 bits per heavy atom. The maximum Gasteiger partial charge on any atom is 0.127 e. The van der Waals surface area contributed by atoms with Gasteiger partial charge < -0.3 is 10.1 Å². The zero-order valence-corrected chi connectivity index (χ0v) is 23.8. The smallest absolute Gasteiger partial charge is 0.127 e. The predicted octanol–water partition coefficient (Wildman–Crippen LogP) is 10.9. The van der Waals surface area contributed by atoms with E-state index in [0.717, 1.165) is 40.2 Å². The van der Waals surface area contributed by atoms with Crippen LogP contribution in [0.25, 0.3) is 11.8 Å². The Morgan fingerprint density at radius 3 is 1.97 bits per heavy atom. The monoisotopic (exact) mass is 482 g/mol. The highest BCUT2D eigenvalue weighted by molar-refractivity contribution is 5.96. The number of anilines is 1. The van der Waals surface area contributed by atoms with Gasteiger partial charge in [0.15, 0.2) is 0 Å². The summed E-state index contributed by atoms with van der Waals surface area (Å²) in [6.07, 6.45) is 17.1. The van der Waals surface area contributed by atoms with Crippen LogP contribution in [0.2, 0.25) is 0 Å². The molecule has 198 valence electrons. The van der Waals surface area contributed by atoms with E-state index in [-0.39, 0.29) is 1.43 Å². The number of hydrogen-bond donors (Lipinski definition) is 1. The summed E-state index contributed by atoms with van der Waals surface area (Å²) in [7, 11) is 0. The summed E-state index contributed by atoms with van der Waals surface area (Å²) in [5.41, 5.74) is 2.78. The van der Waals surface area contributed by atoms with Gasteiger partial charge in [0.05, 0.1) is 5.76 Å². The third kappa shape index (κ3) is 14.4. The molecule has 0 aromatic heterocycles. The molecule has 1 N–H and O–H groups in total. The molecular weight excluding hydrogens is 428 g/mol. The second-order valence-corrected chi connectivity index (χ2v) is 9.23. The van der Waals surface area contributed by atoms with E-state index in [1.807, 2.05) is 58.9 Å². The normalized spacial score (nSPS) is 16.0. The first-order valence-electron chi connectivity index (χ1n) is 13.5. The first-order valence-corrected chi connectivity index (χ1v) is 13.5. The van der Waals surface area contributed by atoms with Crippen LogP contribution in [0.5, 0.6) is 0 Å². The highest BCUT2D eigenvalue weighted by Crippen LogP contribution is 2.25. The van der Waals surface area contributed by atoms with Gasteiger partial charge in [-0.25, -0.2) is 4.99 Å². The number of nitrogens with zero attached hydrogens (tertiary/aromatic N) is 1. The Labute approximate surface area is 218 Å². The molecule has 0 heterocycles. The van der Waals surface area contributed by atoms with Gasteiger partial charge in [-0.2, -0.15) is 0 Å². The van der Waals surface area contributed by atoms with Gasteiger partial charge in [0.25, 0.3) is 0 Å². The minimum absolute atomic E-state index is 0. The van der Waals surface area contributed by atoms with Gasteiger partial charge in [-0.1, -0.05) is 117 Å². The Bertz CT molecular complexity index is 815. The van der Waals surface area contributed by atoms with Crippen LogP contribution >= 0.6 is 0 Å². The second kappa shape index (κ2) is 19.7. The van der Waals surface area contributed by atoms with Gasteiger partial charge in [0.2, 0.25) is 0 Å². The lowest BCUT2D eigenvalue weighted by Crippen LogP contribution is -2.08. The largest absolute Gasteiger partial charge is 0.462 e. The van der Waals surface area contributed by atoms with E-state index in [1.54, 1.807) is 6.08 Å². The lowest BCUT2D eigenvalue weighted by atomic mass is 9.88. The highest BCUT2D eigenvalue weighted by Gasteiger charge is 2.09. The first-order chi connectivity index (χ1) is 16.8. The van der Waals surface area contributed by atoms with Crippen molar-refractivity contribution in [3.8, 4) is 0 Å². The van der Waals surface area contributed by atoms with Gasteiger partial charge >= 0.3 is 0 Å². The number of rotatable bonds is 6. The van der Waals surface area contributed by atoms with E-state index in [1.165, 1.54) is 57.6 Å². The fraction of sp³-hybridized carbons (Fsp3) is 0.531. The standard InChI is InChI=1S/C18H22N2O.C7H14.C5H10.C2H6.H2/c1-7-13(4)21-14(5)17-11-10-16(8-2)18(12-17)20-15(6)19-9-3;1-7-5-3-2-4-6-7;1-5-3-2-4-5;1-2;/h7-12H,2-3,5H2,1,4,6H3,(H,19,20);7H,2-6H2,1H3;5H,2-4H2,1H3;1-2H3;1H. The van der Waals surface area contributed by atoms with Crippen LogP contribution in [-0.2, 0) is 4.74 Å². The number of aliphatic imine (C=N–C) groups is 1. The molecule has 3 heteroatoms. The quantitative estimate of drug-likeness (QED) is 0.248. The van der Waals surface area contributed by atoms with Crippen molar-refractivity contribution in [3.63, 3.8) is 0 Å². The van der Waals surface area contributed by atoms with Crippen LogP contribution in [0, 0.1) is 11.8 Å². The zero-order chi connectivity index (χ0) is 26.6. The van der Waals surface area contributed by atoms with E-state index in [0.29, 0.717) is 5.76 Å². The molecular formula is C32H54N2O. The molecule has 35 heavy (non-hydrogen) atoms. The van der Waals surface area contributed by atoms with Crippen molar-refractivity contribution in [2.24, 2.45) is 16.8 Å². The fourth-order valence-corrected chi connectivity index (χ4v) is 3.61. The molecule has 0 saturated heterocycles. The average Bonchev–Trinajstić information content (AvgIpc) is 2.85. The van der Waals surface area contributed by atoms with Crippen molar-refractivity contribution < 1.29 is 6.16 Å². The SMILES string of the molecule is C=CN=C(C)Nc1cc(C(=C)OC(C)=CC)ccc1C=C.CC.CC1CCC1.CC1CCCCC1.[HH]. The fourth-order valence-electron chi connectivity index (χ4n) is 3.61. The van der Waals surface area contributed by atoms with Crippen molar-refractivity contribution in [1.29, 1.82) is 0 Å². The molecule has 2 aliphatic rings. The van der Waals surface area contributed by atoms with Gasteiger partial charge in [-0.3, -0.25) is 0 Å². The summed E-state index contributed by atoms with van der Waals surface area (Å²) in [5, 5.41) is 3.22. The molecule has 0 amide bonds. The van der Waals surface area contributed by atoms with E-state index in [9.17, 15) is 0 Å². The summed E-state index contributed by atoms with van der Waals surface area (Å²) >= 11 is 0. The van der Waals surface area contributed by atoms with Crippen LogP contribution in [0.4, 0.5) is 5.69 Å². The summed E-state index contributed by atoms with van der Waals surface area (Å²) < 4.78 is 5.63. The average molecular weight is 483 g/mol. The maximum absolute atomic E-state index is 5.63. The van der Waals surface area contributed by atoms with E-state index < -0.39 is 0 Å². The second-order valence-electron chi connectivity index (χ2n) is 9.23. The molecule has 0 unspecified atom stereocenters. The predicted molar refractivity (Wildman–Crippen MR) is 162 cm³/mol. The topological polar surface area (TPSA) is 33.6 Å². The first kappa shape index (κ1) is 32.5. The Kier molecular flexibility index (Phi) is 18.3. The Morgan fingerprint density at radius 1 is 1.00 bits per heavy atom. The number of allylic oxidation sites excluding steroid dienone is 2. The third-order valence-corrected chi connectivity index (χ3v) is 6.17. The van der Waals surface area contributed by atoms with Crippen LogP contribution in [0.3, 0.4) is 0 Å². The molecule has 0 bridgehead atoms. The summed E-state index contributed by atoms with van der Waals surface area (Å²) in [4.78, 5) is 4.10. The molecule has 0 aliphatic heterocycles. The molecule has 2 fully saturated rings. The van der Waals surface area contributed by atoms with Crippen LogP contribution in [0.15, 0.2) is 61.0 Å². The van der Waals surface area contributed by atoms with Crippen molar-refractivity contribution in [2.75, 3.05) is 5.32 Å². The minimum atomic E-state index is 0. The number of hydrogen-bond acceptors (Lipinski definition) is 2. The molecule has 1 aromatic carbocycles. The zero-order valence-electron chi connectivity index (χ0n) is 23.8. The number of benzene rings is 1. The molecule has 1 aromatic rings. The van der Waals surface area contributed by atoms with Gasteiger partial charge in [-0.05, 0) is 50.3 Å². The van der Waals surface area contributed by atoms with Gasteiger partial charge in [0.1, 0.15) is 11.6 Å². The number of nitrogens with one attached hydrogen (secondary N) is 1. The molecule has 3 rings (SSSR count). The Hall–Kier alpha value is -2.55. The molecule has 2 aliphatic carbocycles. The van der Waals surface area contributed by atoms with Crippen LogP contribution in [-0.4, -0.2) is 5.84 Å². The molecule has 0 radical (unpaired) electrons. The lowest BCUT2D eigenvalue weighted by Gasteiger charge is -2.18. The van der Waals surface area contributed by atoms with Crippen molar-refractivity contribution in [2.45, 2.75) is 99.8 Å².